The van der Waals surface area contributed by atoms with Crippen LogP contribution in [0.3, 0.4) is 0 Å². The Morgan fingerprint density at radius 1 is 1.39 bits per heavy atom. The number of methoxy groups -OCH3 is 1. The smallest absolute Gasteiger partial charge is 0.242 e. The lowest BCUT2D eigenvalue weighted by Crippen LogP contribution is -2.37. The first-order valence-corrected chi connectivity index (χ1v) is 6.27. The lowest BCUT2D eigenvalue weighted by molar-refractivity contribution is 0.0818. The van der Waals surface area contributed by atoms with Gasteiger partial charge in [0.25, 0.3) is 0 Å². The number of nitrogen functional groups attached to an aromatic ring is 1. The molecule has 1 aromatic rings. The van der Waals surface area contributed by atoms with Crippen LogP contribution in [0.15, 0.2) is 6.33 Å². The van der Waals surface area contributed by atoms with Crippen molar-refractivity contribution in [3.8, 4) is 5.88 Å². The summed E-state index contributed by atoms with van der Waals surface area (Å²) in [6.07, 6.45) is 3.82. The summed E-state index contributed by atoms with van der Waals surface area (Å²) in [6, 6.07) is 0. The second-order valence-electron chi connectivity index (χ2n) is 4.27. The highest BCUT2D eigenvalue weighted by Gasteiger charge is 2.22. The van der Waals surface area contributed by atoms with Crippen molar-refractivity contribution >= 4 is 11.5 Å². The topological polar surface area (TPSA) is 73.5 Å². The molecule has 2 rings (SSSR count). The fraction of sp³-hybridized carbons (Fsp3) is 0.667. The molecule has 0 amide bonds. The molecule has 0 atom stereocenters. The van der Waals surface area contributed by atoms with Gasteiger partial charge in [-0.3, -0.25) is 0 Å². The van der Waals surface area contributed by atoms with Crippen molar-refractivity contribution in [1.29, 1.82) is 0 Å². The van der Waals surface area contributed by atoms with E-state index in [0.717, 1.165) is 31.7 Å². The lowest BCUT2D eigenvalue weighted by Gasteiger charge is -2.32. The van der Waals surface area contributed by atoms with Gasteiger partial charge in [0.2, 0.25) is 5.88 Å². The van der Waals surface area contributed by atoms with Gasteiger partial charge in [0.15, 0.2) is 5.82 Å². The maximum absolute atomic E-state index is 6.04. The van der Waals surface area contributed by atoms with Gasteiger partial charge in [-0.25, -0.2) is 4.98 Å². The Hall–Kier alpha value is -1.56. The first-order chi connectivity index (χ1) is 8.76. The monoisotopic (exact) mass is 252 g/mol. The molecule has 0 bridgehead atoms. The van der Waals surface area contributed by atoms with Crippen LogP contribution in [0.5, 0.6) is 5.88 Å². The molecule has 2 N–H and O–H groups in total. The summed E-state index contributed by atoms with van der Waals surface area (Å²) in [6.45, 7) is 4.24. The highest BCUT2D eigenvalue weighted by atomic mass is 16.5. The minimum Gasteiger partial charge on any atom is -0.476 e. The van der Waals surface area contributed by atoms with Gasteiger partial charge in [-0.15, -0.1) is 0 Å². The quantitative estimate of drug-likeness (QED) is 0.864. The second-order valence-corrected chi connectivity index (χ2v) is 4.27. The molecule has 1 aliphatic heterocycles. The van der Waals surface area contributed by atoms with Crippen LogP contribution in [-0.2, 0) is 4.74 Å². The summed E-state index contributed by atoms with van der Waals surface area (Å²) in [7, 11) is 1.76. The zero-order valence-electron chi connectivity index (χ0n) is 10.9. The molecule has 0 saturated carbocycles. The number of piperidine rings is 1. The molecule has 6 nitrogen and oxygen atoms in total. The van der Waals surface area contributed by atoms with Gasteiger partial charge >= 0.3 is 0 Å². The van der Waals surface area contributed by atoms with E-state index in [0.29, 0.717) is 24.3 Å². The standard InChI is InChI=1S/C12H20N4O2/c1-3-18-12-10(13)11(14-8-15-12)16-6-4-9(17-2)5-7-16/h8-9H,3-7,13H2,1-2H3. The number of hydrogen-bond donors (Lipinski definition) is 1. The van der Waals surface area contributed by atoms with Crippen LogP contribution in [-0.4, -0.2) is 42.9 Å². The molecule has 1 saturated heterocycles. The van der Waals surface area contributed by atoms with Gasteiger partial charge in [-0.2, -0.15) is 4.98 Å². The van der Waals surface area contributed by atoms with Crippen LogP contribution < -0.4 is 15.4 Å². The van der Waals surface area contributed by atoms with E-state index in [-0.39, 0.29) is 0 Å². The number of hydrogen-bond acceptors (Lipinski definition) is 6. The number of anilines is 2. The molecule has 100 valence electrons. The molecule has 2 heterocycles. The van der Waals surface area contributed by atoms with Crippen molar-refractivity contribution in [2.45, 2.75) is 25.9 Å². The summed E-state index contributed by atoms with van der Waals surface area (Å²) in [4.78, 5) is 10.5. The van der Waals surface area contributed by atoms with Gasteiger partial charge in [0.05, 0.1) is 12.7 Å². The second kappa shape index (κ2) is 5.86. The molecule has 0 aromatic carbocycles. The maximum Gasteiger partial charge on any atom is 0.242 e. The van der Waals surface area contributed by atoms with Crippen molar-refractivity contribution < 1.29 is 9.47 Å². The molecule has 1 aliphatic rings. The van der Waals surface area contributed by atoms with Crippen LogP contribution in [0.2, 0.25) is 0 Å². The molecule has 18 heavy (non-hydrogen) atoms. The largest absolute Gasteiger partial charge is 0.476 e. The molecule has 0 spiro atoms. The molecule has 0 radical (unpaired) electrons. The minimum atomic E-state index is 0.343. The zero-order chi connectivity index (χ0) is 13.0. The van der Waals surface area contributed by atoms with Crippen LogP contribution in [0.25, 0.3) is 0 Å². The molecule has 1 fully saturated rings. The summed E-state index contributed by atoms with van der Waals surface area (Å²) >= 11 is 0. The van der Waals surface area contributed by atoms with E-state index in [1.807, 2.05) is 6.92 Å². The van der Waals surface area contributed by atoms with E-state index < -0.39 is 0 Å². The van der Waals surface area contributed by atoms with Crippen LogP contribution >= 0.6 is 0 Å². The SMILES string of the molecule is CCOc1ncnc(N2CCC(OC)CC2)c1N. The molecule has 0 aliphatic carbocycles. The Kier molecular flexibility index (Phi) is 4.19. The van der Waals surface area contributed by atoms with E-state index in [1.54, 1.807) is 7.11 Å². The van der Waals surface area contributed by atoms with Crippen molar-refractivity contribution in [2.24, 2.45) is 0 Å². The van der Waals surface area contributed by atoms with E-state index >= 15 is 0 Å². The van der Waals surface area contributed by atoms with Gasteiger partial charge in [0, 0.05) is 20.2 Å². The van der Waals surface area contributed by atoms with E-state index in [4.69, 9.17) is 15.2 Å². The van der Waals surface area contributed by atoms with Crippen LogP contribution in [0.1, 0.15) is 19.8 Å². The summed E-state index contributed by atoms with van der Waals surface area (Å²) < 4.78 is 10.7. The lowest BCUT2D eigenvalue weighted by atomic mass is 10.1. The Balaban J connectivity index is 2.11. The third-order valence-electron chi connectivity index (χ3n) is 3.18. The average molecular weight is 252 g/mol. The minimum absolute atomic E-state index is 0.343. The number of ether oxygens (including phenoxy) is 2. The van der Waals surface area contributed by atoms with Crippen LogP contribution in [0, 0.1) is 0 Å². The molecule has 1 aromatic heterocycles. The van der Waals surface area contributed by atoms with Crippen molar-refractivity contribution in [2.75, 3.05) is 37.4 Å². The normalized spacial score (nSPS) is 16.9. The average Bonchev–Trinajstić information content (AvgIpc) is 2.42. The Morgan fingerprint density at radius 2 is 2.11 bits per heavy atom. The Morgan fingerprint density at radius 3 is 2.72 bits per heavy atom. The predicted molar refractivity (Wildman–Crippen MR) is 69.9 cm³/mol. The third kappa shape index (κ3) is 2.64. The molecule has 0 unspecified atom stereocenters. The maximum atomic E-state index is 6.04. The zero-order valence-corrected chi connectivity index (χ0v) is 10.9. The first kappa shape index (κ1) is 12.9. The number of nitrogens with zero attached hydrogens (tertiary/aromatic N) is 3. The van der Waals surface area contributed by atoms with Crippen molar-refractivity contribution in [1.82, 2.24) is 9.97 Å². The number of rotatable bonds is 4. The van der Waals surface area contributed by atoms with Gasteiger partial charge in [0.1, 0.15) is 12.0 Å². The molecular weight excluding hydrogens is 232 g/mol. The summed E-state index contributed by atoms with van der Waals surface area (Å²) in [5.41, 5.74) is 6.57. The highest BCUT2D eigenvalue weighted by molar-refractivity contribution is 5.67. The van der Waals surface area contributed by atoms with Gasteiger partial charge in [-0.1, -0.05) is 0 Å². The number of aromatic nitrogens is 2. The first-order valence-electron chi connectivity index (χ1n) is 6.27. The van der Waals surface area contributed by atoms with Gasteiger partial charge < -0.3 is 20.1 Å². The number of nitrogens with two attached hydrogens (primary N) is 1. The highest BCUT2D eigenvalue weighted by Crippen LogP contribution is 2.29. The van der Waals surface area contributed by atoms with Gasteiger partial charge in [-0.05, 0) is 19.8 Å². The predicted octanol–water partition coefficient (Wildman–Crippen LogP) is 1.07. The Bertz CT molecular complexity index is 392. The molecular formula is C12H20N4O2. The third-order valence-corrected chi connectivity index (χ3v) is 3.18. The fourth-order valence-corrected chi connectivity index (χ4v) is 2.18. The summed E-state index contributed by atoms with van der Waals surface area (Å²) in [5.74, 6) is 1.24. The Labute approximate surface area is 107 Å². The summed E-state index contributed by atoms with van der Waals surface area (Å²) in [5, 5.41) is 0. The van der Waals surface area contributed by atoms with Crippen molar-refractivity contribution in [3.63, 3.8) is 0 Å². The van der Waals surface area contributed by atoms with E-state index in [2.05, 4.69) is 14.9 Å². The van der Waals surface area contributed by atoms with Crippen molar-refractivity contribution in [3.05, 3.63) is 6.33 Å². The van der Waals surface area contributed by atoms with E-state index in [9.17, 15) is 0 Å². The van der Waals surface area contributed by atoms with Crippen LogP contribution in [0.4, 0.5) is 11.5 Å². The fourth-order valence-electron chi connectivity index (χ4n) is 2.18. The van der Waals surface area contributed by atoms with E-state index in [1.165, 1.54) is 6.33 Å². The molecule has 6 heteroatoms.